The van der Waals surface area contributed by atoms with E-state index in [1.807, 2.05) is 19.1 Å². The minimum absolute atomic E-state index is 0. The van der Waals surface area contributed by atoms with E-state index in [2.05, 4.69) is 16.6 Å². The number of aliphatic hydroxyl groups is 1. The zero-order valence-electron chi connectivity index (χ0n) is 20.3. The number of carbonyl (C=O) groups is 3. The van der Waals surface area contributed by atoms with Crippen molar-refractivity contribution >= 4 is 17.9 Å². The fraction of sp³-hybridized carbons (Fsp3) is 0.393. The average Bonchev–Trinajstić information content (AvgIpc) is 3.21. The predicted molar refractivity (Wildman–Crippen MR) is 138 cm³/mol. The van der Waals surface area contributed by atoms with E-state index < -0.39 is 55.0 Å². The number of aliphatic hydroxyl groups excluding tert-OH is 1. The van der Waals surface area contributed by atoms with Gasteiger partial charge in [0.25, 0.3) is 11.8 Å². The van der Waals surface area contributed by atoms with Crippen LogP contribution in [0.1, 0.15) is 30.5 Å². The molecule has 0 saturated carbocycles. The Morgan fingerprint density at radius 1 is 1.18 bits per heavy atom. The highest BCUT2D eigenvalue weighted by atomic mass is 19.3. The number of carbonyl (C=O) groups excluding carboxylic acids is 3. The molecule has 8 nitrogen and oxygen atoms in total. The first-order valence-electron chi connectivity index (χ1n) is 11.7. The Bertz CT molecular complexity index is 1150. The SMILES string of the molecule is C.C#CCOC(=O)N[C@@H](Cc1ccccc1)[C@H](O)C(=O)N1CC(F)(F)C[C@H]1C(=O)NCc1ccccc1C. The van der Waals surface area contributed by atoms with Crippen LogP contribution in [0.4, 0.5) is 13.6 Å². The van der Waals surface area contributed by atoms with E-state index in [0.29, 0.717) is 10.5 Å². The number of amides is 3. The van der Waals surface area contributed by atoms with E-state index in [9.17, 15) is 28.3 Å². The van der Waals surface area contributed by atoms with Gasteiger partial charge in [-0.15, -0.1) is 6.42 Å². The fourth-order valence-electron chi connectivity index (χ4n) is 4.14. The molecule has 1 aliphatic heterocycles. The first-order chi connectivity index (χ1) is 17.6. The zero-order valence-corrected chi connectivity index (χ0v) is 20.3. The lowest BCUT2D eigenvalue weighted by atomic mass is 10.00. The van der Waals surface area contributed by atoms with Crippen LogP contribution in [0.5, 0.6) is 0 Å². The van der Waals surface area contributed by atoms with E-state index in [4.69, 9.17) is 11.2 Å². The molecular weight excluding hydrogens is 496 g/mol. The van der Waals surface area contributed by atoms with Crippen LogP contribution in [0.15, 0.2) is 54.6 Å². The normalized spacial score (nSPS) is 17.3. The number of rotatable bonds is 9. The molecular formula is C28H33F2N3O5. The maximum Gasteiger partial charge on any atom is 0.408 e. The Morgan fingerprint density at radius 3 is 2.50 bits per heavy atom. The van der Waals surface area contributed by atoms with E-state index in [1.165, 1.54) is 0 Å². The molecule has 3 rings (SSSR count). The Labute approximate surface area is 221 Å². The third kappa shape index (κ3) is 8.02. The number of terminal acetylenes is 1. The summed E-state index contributed by atoms with van der Waals surface area (Å²) >= 11 is 0. The second-order valence-corrected chi connectivity index (χ2v) is 8.85. The van der Waals surface area contributed by atoms with Crippen molar-refractivity contribution in [3.8, 4) is 12.3 Å². The van der Waals surface area contributed by atoms with Gasteiger partial charge in [-0.25, -0.2) is 13.6 Å². The van der Waals surface area contributed by atoms with Gasteiger partial charge in [0.05, 0.1) is 12.6 Å². The van der Waals surface area contributed by atoms with Crippen molar-refractivity contribution in [3.05, 3.63) is 71.3 Å². The van der Waals surface area contributed by atoms with Crippen LogP contribution in [0.2, 0.25) is 0 Å². The fourth-order valence-corrected chi connectivity index (χ4v) is 4.14. The van der Waals surface area contributed by atoms with Crippen LogP contribution >= 0.6 is 0 Å². The van der Waals surface area contributed by atoms with E-state index in [0.717, 1.165) is 11.1 Å². The molecule has 1 heterocycles. The third-order valence-corrected chi connectivity index (χ3v) is 6.09. The number of ether oxygens (including phenoxy) is 1. The molecule has 0 aliphatic carbocycles. The Balaban J connectivity index is 0.00000507. The third-order valence-electron chi connectivity index (χ3n) is 6.09. The molecule has 10 heteroatoms. The summed E-state index contributed by atoms with van der Waals surface area (Å²) in [5, 5.41) is 15.9. The zero-order chi connectivity index (χ0) is 27.0. The Kier molecular flexibility index (Phi) is 10.8. The molecule has 0 bridgehead atoms. The van der Waals surface area contributed by atoms with Crippen LogP contribution < -0.4 is 10.6 Å². The van der Waals surface area contributed by atoms with E-state index in [1.54, 1.807) is 42.5 Å². The summed E-state index contributed by atoms with van der Waals surface area (Å²) in [6, 6.07) is 13.2. The van der Waals surface area contributed by atoms with Gasteiger partial charge < -0.3 is 25.4 Å². The van der Waals surface area contributed by atoms with Gasteiger partial charge in [0, 0.05) is 13.0 Å². The lowest BCUT2D eigenvalue weighted by Gasteiger charge is -2.29. The number of hydrogen-bond acceptors (Lipinski definition) is 5. The first kappa shape index (κ1) is 30.3. The second kappa shape index (κ2) is 13.5. The summed E-state index contributed by atoms with van der Waals surface area (Å²) in [7, 11) is 0. The van der Waals surface area contributed by atoms with Gasteiger partial charge in [0.15, 0.2) is 12.7 Å². The molecule has 0 radical (unpaired) electrons. The molecule has 2 aromatic rings. The smallest absolute Gasteiger partial charge is 0.408 e. The van der Waals surface area contributed by atoms with Gasteiger partial charge in [0.2, 0.25) is 5.91 Å². The Hall–Kier alpha value is -3.97. The minimum Gasteiger partial charge on any atom is -0.436 e. The minimum atomic E-state index is -3.33. The predicted octanol–water partition coefficient (Wildman–Crippen LogP) is 2.82. The lowest BCUT2D eigenvalue weighted by Crippen LogP contribution is -2.56. The van der Waals surface area contributed by atoms with Crippen molar-refractivity contribution in [2.75, 3.05) is 13.2 Å². The largest absolute Gasteiger partial charge is 0.436 e. The molecule has 1 fully saturated rings. The van der Waals surface area contributed by atoms with Gasteiger partial charge in [-0.2, -0.15) is 0 Å². The number of hydrogen-bond donors (Lipinski definition) is 3. The maximum atomic E-state index is 14.4. The molecule has 2 aromatic carbocycles. The van der Waals surface area contributed by atoms with Crippen molar-refractivity contribution in [2.45, 2.75) is 57.8 Å². The number of nitrogens with one attached hydrogen (secondary N) is 2. The number of nitrogens with zero attached hydrogens (tertiary/aromatic N) is 1. The molecule has 0 aromatic heterocycles. The van der Waals surface area contributed by atoms with E-state index in [-0.39, 0.29) is 27.0 Å². The van der Waals surface area contributed by atoms with Gasteiger partial charge >= 0.3 is 6.09 Å². The molecule has 3 atom stereocenters. The van der Waals surface area contributed by atoms with Crippen LogP contribution in [0, 0.1) is 19.3 Å². The van der Waals surface area contributed by atoms with Crippen LogP contribution in [-0.2, 0) is 27.3 Å². The van der Waals surface area contributed by atoms with Crippen molar-refractivity contribution in [2.24, 2.45) is 0 Å². The Morgan fingerprint density at radius 2 is 1.84 bits per heavy atom. The van der Waals surface area contributed by atoms with Crippen molar-refractivity contribution in [1.82, 2.24) is 15.5 Å². The number of benzene rings is 2. The van der Waals surface area contributed by atoms with Crippen LogP contribution in [0.25, 0.3) is 0 Å². The maximum absolute atomic E-state index is 14.4. The summed E-state index contributed by atoms with van der Waals surface area (Å²) < 4.78 is 33.6. The van der Waals surface area contributed by atoms with E-state index >= 15 is 0 Å². The molecule has 3 amide bonds. The summed E-state index contributed by atoms with van der Waals surface area (Å²) in [6.07, 6.45) is 1.28. The summed E-state index contributed by atoms with van der Waals surface area (Å²) in [4.78, 5) is 38.9. The molecule has 1 aliphatic rings. The number of likely N-dealkylation sites (tertiary alicyclic amines) is 1. The highest BCUT2D eigenvalue weighted by molar-refractivity contribution is 5.90. The molecule has 38 heavy (non-hydrogen) atoms. The summed E-state index contributed by atoms with van der Waals surface area (Å²) in [5.74, 6) is -3.07. The quantitative estimate of drug-likeness (QED) is 0.433. The van der Waals surface area contributed by atoms with Crippen LogP contribution in [0.3, 0.4) is 0 Å². The second-order valence-electron chi connectivity index (χ2n) is 8.85. The highest BCUT2D eigenvalue weighted by Crippen LogP contribution is 2.33. The van der Waals surface area contributed by atoms with Gasteiger partial charge in [0.1, 0.15) is 6.04 Å². The summed E-state index contributed by atoms with van der Waals surface area (Å²) in [5.41, 5.74) is 2.38. The molecule has 0 unspecified atom stereocenters. The number of aryl methyl sites for hydroxylation is 1. The summed E-state index contributed by atoms with van der Waals surface area (Å²) in [6.45, 7) is 0.573. The van der Waals surface area contributed by atoms with Gasteiger partial charge in [-0.05, 0) is 30.0 Å². The average molecular weight is 530 g/mol. The number of alkyl halides is 2. The molecule has 1 saturated heterocycles. The van der Waals surface area contributed by atoms with Gasteiger partial charge in [-0.3, -0.25) is 9.59 Å². The molecule has 204 valence electrons. The number of alkyl carbamates (subject to hydrolysis) is 1. The van der Waals surface area contributed by atoms with Gasteiger partial charge in [-0.1, -0.05) is 67.9 Å². The highest BCUT2D eigenvalue weighted by Gasteiger charge is 2.51. The molecule has 3 N–H and O–H groups in total. The molecule has 0 spiro atoms. The standard InChI is InChI=1S/C27H29F2N3O5.CH4/c1-3-13-37-26(36)31-21(14-19-10-5-4-6-11-19)23(33)25(35)32-17-27(28,29)15-22(32)24(34)30-16-20-12-8-7-9-18(20)2;/h1,4-12,21-23,33H,13-17H2,2H3,(H,30,34)(H,31,36);1H4/t21-,22-,23-;/m0./s1. The number of halogens is 2. The first-order valence-corrected chi connectivity index (χ1v) is 11.7. The topological polar surface area (TPSA) is 108 Å². The van der Waals surface area contributed by atoms with Crippen molar-refractivity contribution in [3.63, 3.8) is 0 Å². The van der Waals surface area contributed by atoms with Crippen molar-refractivity contribution in [1.29, 1.82) is 0 Å². The van der Waals surface area contributed by atoms with Crippen molar-refractivity contribution < 1.29 is 33.0 Å². The lowest BCUT2D eigenvalue weighted by molar-refractivity contribution is -0.147. The van der Waals surface area contributed by atoms with Crippen LogP contribution in [-0.4, -0.2) is 65.2 Å². The monoisotopic (exact) mass is 529 g/mol.